The minimum atomic E-state index is -0.274. The highest BCUT2D eigenvalue weighted by Crippen LogP contribution is 2.40. The number of methoxy groups -OCH3 is 1. The summed E-state index contributed by atoms with van der Waals surface area (Å²) in [4.78, 5) is 0. The molecule has 0 saturated carbocycles. The van der Waals surface area contributed by atoms with Gasteiger partial charge in [-0.1, -0.05) is 6.07 Å². The van der Waals surface area contributed by atoms with Gasteiger partial charge in [-0.25, -0.2) is 0 Å². The Kier molecular flexibility index (Phi) is 3.64. The summed E-state index contributed by atoms with van der Waals surface area (Å²) in [6.45, 7) is 9.35. The molecule has 2 rings (SSSR count). The van der Waals surface area contributed by atoms with E-state index in [0.29, 0.717) is 13.4 Å². The van der Waals surface area contributed by atoms with Crippen LogP contribution >= 0.6 is 0 Å². The number of benzene rings is 1. The van der Waals surface area contributed by atoms with Gasteiger partial charge in [-0.15, -0.1) is 0 Å². The molecule has 0 N–H and O–H groups in total. The first-order chi connectivity index (χ1) is 8.47. The van der Waals surface area contributed by atoms with Crippen molar-refractivity contribution in [2.45, 2.75) is 39.7 Å². The average Bonchev–Trinajstić information content (AvgIpc) is 2.66. The number of hydrogen-bond acceptors (Lipinski definition) is 3. The van der Waals surface area contributed by atoms with E-state index < -0.39 is 0 Å². The number of aryl methyl sites for hydroxylation is 2. The molecule has 0 amide bonds. The van der Waals surface area contributed by atoms with Crippen molar-refractivity contribution in [3.05, 3.63) is 28.3 Å². The van der Waals surface area contributed by atoms with E-state index >= 15 is 0 Å². The van der Waals surface area contributed by atoms with Crippen LogP contribution in [0.4, 0.5) is 0 Å². The van der Waals surface area contributed by atoms with E-state index in [4.69, 9.17) is 14.2 Å². The summed E-state index contributed by atoms with van der Waals surface area (Å²) in [5, 5.41) is 0. The van der Waals surface area contributed by atoms with E-state index in [1.54, 1.807) is 7.11 Å². The van der Waals surface area contributed by atoms with Gasteiger partial charge < -0.3 is 14.2 Å². The molecule has 1 aliphatic heterocycles. The molecule has 0 fully saturated rings. The first-order valence-electron chi connectivity index (χ1n) is 6.32. The van der Waals surface area contributed by atoms with Crippen molar-refractivity contribution in [2.75, 3.05) is 20.5 Å². The van der Waals surface area contributed by atoms with Gasteiger partial charge in [0.05, 0.1) is 6.61 Å². The van der Waals surface area contributed by atoms with Crippen molar-refractivity contribution in [1.29, 1.82) is 0 Å². The topological polar surface area (TPSA) is 27.7 Å². The molecule has 0 aliphatic carbocycles. The maximum atomic E-state index is 6.15. The van der Waals surface area contributed by atoms with Crippen LogP contribution in [0.25, 0.3) is 0 Å². The third kappa shape index (κ3) is 2.38. The maximum Gasteiger partial charge on any atom is 0.146 e. The van der Waals surface area contributed by atoms with Crippen LogP contribution in [0.3, 0.4) is 0 Å². The molecular formula is C15H22O3. The SMILES string of the molecule is COCOCC1(C)Cc2c(C)cc(C)c(C)c2O1. The number of hydrogen-bond donors (Lipinski definition) is 0. The van der Waals surface area contributed by atoms with Crippen molar-refractivity contribution in [2.24, 2.45) is 0 Å². The molecule has 100 valence electrons. The second kappa shape index (κ2) is 4.90. The van der Waals surface area contributed by atoms with Crippen LogP contribution in [0.2, 0.25) is 0 Å². The lowest BCUT2D eigenvalue weighted by Gasteiger charge is -2.23. The van der Waals surface area contributed by atoms with Crippen molar-refractivity contribution < 1.29 is 14.2 Å². The van der Waals surface area contributed by atoms with Gasteiger partial charge in [0.2, 0.25) is 0 Å². The van der Waals surface area contributed by atoms with Gasteiger partial charge in [0.1, 0.15) is 18.1 Å². The van der Waals surface area contributed by atoms with Gasteiger partial charge in [-0.3, -0.25) is 0 Å². The van der Waals surface area contributed by atoms with E-state index in [0.717, 1.165) is 12.2 Å². The first kappa shape index (κ1) is 13.4. The third-order valence-electron chi connectivity index (χ3n) is 3.62. The Bertz CT molecular complexity index is 454. The molecule has 18 heavy (non-hydrogen) atoms. The molecule has 1 aliphatic rings. The molecule has 1 heterocycles. The lowest BCUT2D eigenvalue weighted by atomic mass is 9.94. The quantitative estimate of drug-likeness (QED) is 0.607. The van der Waals surface area contributed by atoms with E-state index in [-0.39, 0.29) is 5.60 Å². The molecule has 1 unspecified atom stereocenters. The van der Waals surface area contributed by atoms with Crippen molar-refractivity contribution >= 4 is 0 Å². The monoisotopic (exact) mass is 250 g/mol. The summed E-state index contributed by atoms with van der Waals surface area (Å²) in [6.07, 6.45) is 0.902. The van der Waals surface area contributed by atoms with Gasteiger partial charge >= 0.3 is 0 Å². The molecule has 1 aromatic carbocycles. The zero-order valence-electron chi connectivity index (χ0n) is 11.9. The fourth-order valence-corrected chi connectivity index (χ4v) is 2.54. The zero-order valence-corrected chi connectivity index (χ0v) is 11.9. The molecule has 3 nitrogen and oxygen atoms in total. The second-order valence-corrected chi connectivity index (χ2v) is 5.43. The third-order valence-corrected chi connectivity index (χ3v) is 3.62. The summed E-state index contributed by atoms with van der Waals surface area (Å²) in [7, 11) is 1.63. The van der Waals surface area contributed by atoms with Crippen molar-refractivity contribution in [3.8, 4) is 5.75 Å². The van der Waals surface area contributed by atoms with E-state index in [1.807, 2.05) is 0 Å². The van der Waals surface area contributed by atoms with Crippen molar-refractivity contribution in [1.82, 2.24) is 0 Å². The Morgan fingerprint density at radius 1 is 1.28 bits per heavy atom. The molecule has 0 spiro atoms. The lowest BCUT2D eigenvalue weighted by molar-refractivity contribution is -0.0792. The fourth-order valence-electron chi connectivity index (χ4n) is 2.54. The van der Waals surface area contributed by atoms with E-state index in [9.17, 15) is 0 Å². The minimum absolute atomic E-state index is 0.274. The van der Waals surface area contributed by atoms with Gasteiger partial charge in [0.15, 0.2) is 0 Å². The lowest BCUT2D eigenvalue weighted by Crippen LogP contribution is -2.36. The Hall–Kier alpha value is -1.06. The molecule has 0 radical (unpaired) electrons. The maximum absolute atomic E-state index is 6.15. The van der Waals surface area contributed by atoms with Crippen LogP contribution in [0.15, 0.2) is 6.07 Å². The summed E-state index contributed by atoms with van der Waals surface area (Å²) in [5.74, 6) is 1.05. The van der Waals surface area contributed by atoms with Gasteiger partial charge in [0, 0.05) is 19.1 Å². The van der Waals surface area contributed by atoms with Crippen molar-refractivity contribution in [3.63, 3.8) is 0 Å². The molecule has 1 atom stereocenters. The number of ether oxygens (including phenoxy) is 3. The molecule has 1 aromatic rings. The summed E-state index contributed by atoms with van der Waals surface area (Å²) < 4.78 is 16.5. The number of fused-ring (bicyclic) bond motifs is 1. The fraction of sp³-hybridized carbons (Fsp3) is 0.600. The highest BCUT2D eigenvalue weighted by atomic mass is 16.7. The smallest absolute Gasteiger partial charge is 0.146 e. The van der Waals surface area contributed by atoms with Crippen LogP contribution in [0.1, 0.15) is 29.2 Å². The second-order valence-electron chi connectivity index (χ2n) is 5.43. The zero-order chi connectivity index (χ0) is 13.3. The Morgan fingerprint density at radius 2 is 2.00 bits per heavy atom. The Morgan fingerprint density at radius 3 is 2.67 bits per heavy atom. The van der Waals surface area contributed by atoms with Crippen LogP contribution in [0, 0.1) is 20.8 Å². The predicted molar refractivity (Wildman–Crippen MR) is 71.2 cm³/mol. The summed E-state index contributed by atoms with van der Waals surface area (Å²) in [5.41, 5.74) is 4.88. The van der Waals surface area contributed by atoms with Gasteiger partial charge in [-0.2, -0.15) is 0 Å². The van der Waals surface area contributed by atoms with E-state index in [2.05, 4.69) is 33.8 Å². The van der Waals surface area contributed by atoms with Gasteiger partial charge in [-0.05, 0) is 44.4 Å². The highest BCUT2D eigenvalue weighted by Gasteiger charge is 2.37. The Balaban J connectivity index is 2.21. The van der Waals surface area contributed by atoms with Crippen LogP contribution in [-0.2, 0) is 15.9 Å². The summed E-state index contributed by atoms with van der Waals surface area (Å²) in [6, 6.07) is 2.24. The minimum Gasteiger partial charge on any atom is -0.484 e. The molecule has 0 aromatic heterocycles. The normalized spacial score (nSPS) is 21.8. The molecule has 3 heteroatoms. The molecule has 0 bridgehead atoms. The van der Waals surface area contributed by atoms with Crippen LogP contribution < -0.4 is 4.74 Å². The Labute approximate surface area is 109 Å². The summed E-state index contributed by atoms with van der Waals surface area (Å²) >= 11 is 0. The van der Waals surface area contributed by atoms with Crippen LogP contribution in [0.5, 0.6) is 5.75 Å². The largest absolute Gasteiger partial charge is 0.484 e. The average molecular weight is 250 g/mol. The standard InChI is InChI=1S/C15H22O3/c1-10-6-11(2)13-7-15(4,8-17-9-16-5)18-14(13)12(10)3/h6H,7-9H2,1-5H3. The van der Waals surface area contributed by atoms with Crippen LogP contribution in [-0.4, -0.2) is 26.1 Å². The van der Waals surface area contributed by atoms with Gasteiger partial charge in [0.25, 0.3) is 0 Å². The number of rotatable bonds is 4. The molecular weight excluding hydrogens is 228 g/mol. The first-order valence-corrected chi connectivity index (χ1v) is 6.32. The molecule has 0 saturated heterocycles. The predicted octanol–water partition coefficient (Wildman–Crippen LogP) is 2.93. The highest BCUT2D eigenvalue weighted by molar-refractivity contribution is 5.52. The van der Waals surface area contributed by atoms with E-state index in [1.165, 1.54) is 22.3 Å².